The number of rotatable bonds is 7. The maximum Gasteiger partial charge on any atom is 0.254 e. The Hall–Kier alpha value is -2.40. The van der Waals surface area contributed by atoms with Gasteiger partial charge in [-0.3, -0.25) is 4.79 Å². The van der Waals surface area contributed by atoms with Crippen molar-refractivity contribution in [1.29, 1.82) is 0 Å². The van der Waals surface area contributed by atoms with Gasteiger partial charge in [0.05, 0.1) is 31.9 Å². The number of amides is 1. The summed E-state index contributed by atoms with van der Waals surface area (Å²) in [5, 5.41) is 0.347. The molecule has 2 aromatic carbocycles. The summed E-state index contributed by atoms with van der Waals surface area (Å²) < 4.78 is 16.0. The fraction of sp³-hybridized carbons (Fsp3) is 0.350. The molecule has 0 saturated heterocycles. The maximum atomic E-state index is 12.9. The van der Waals surface area contributed by atoms with E-state index in [1.54, 1.807) is 31.2 Å². The largest absolute Gasteiger partial charge is 0.497 e. The van der Waals surface area contributed by atoms with Gasteiger partial charge in [0.2, 0.25) is 0 Å². The second kappa shape index (κ2) is 8.81. The van der Waals surface area contributed by atoms with Crippen LogP contribution in [0.25, 0.3) is 0 Å². The first-order chi connectivity index (χ1) is 12.4. The number of hydrogen-bond donors (Lipinski definition) is 0. The average Bonchev–Trinajstić information content (AvgIpc) is 2.67. The molecule has 0 heterocycles. The number of methoxy groups -OCH3 is 2. The highest BCUT2D eigenvalue weighted by Gasteiger charge is 2.22. The van der Waals surface area contributed by atoms with E-state index in [1.165, 1.54) is 7.11 Å². The highest BCUT2D eigenvalue weighted by molar-refractivity contribution is 6.32. The van der Waals surface area contributed by atoms with E-state index in [0.717, 1.165) is 11.3 Å². The van der Waals surface area contributed by atoms with E-state index >= 15 is 0 Å². The quantitative estimate of drug-likeness (QED) is 0.708. The molecular formula is C20H24ClNO4. The molecule has 6 heteroatoms. The third-order valence-electron chi connectivity index (χ3n) is 4.26. The fourth-order valence-corrected chi connectivity index (χ4v) is 2.88. The molecule has 26 heavy (non-hydrogen) atoms. The Labute approximate surface area is 159 Å². The summed E-state index contributed by atoms with van der Waals surface area (Å²) in [6.07, 6.45) is 0. The van der Waals surface area contributed by atoms with E-state index in [-0.39, 0.29) is 11.9 Å². The number of nitrogens with zero attached hydrogens (tertiary/aromatic N) is 1. The molecule has 5 nitrogen and oxygen atoms in total. The van der Waals surface area contributed by atoms with E-state index < -0.39 is 0 Å². The maximum absolute atomic E-state index is 12.9. The predicted molar refractivity (Wildman–Crippen MR) is 103 cm³/mol. The summed E-state index contributed by atoms with van der Waals surface area (Å²) in [6, 6.07) is 10.8. The van der Waals surface area contributed by atoms with Crippen LogP contribution >= 0.6 is 11.6 Å². The Balaban J connectivity index is 2.27. The molecule has 0 bridgehead atoms. The van der Waals surface area contributed by atoms with Crippen molar-refractivity contribution in [2.24, 2.45) is 0 Å². The molecule has 140 valence electrons. The molecule has 1 unspecified atom stereocenters. The van der Waals surface area contributed by atoms with Gasteiger partial charge in [-0.1, -0.05) is 23.7 Å². The second-order valence-electron chi connectivity index (χ2n) is 5.79. The van der Waals surface area contributed by atoms with Crippen LogP contribution < -0.4 is 14.2 Å². The molecule has 0 aliphatic carbocycles. The number of carbonyl (C=O) groups is 1. The number of halogens is 1. The van der Waals surface area contributed by atoms with Gasteiger partial charge in [0.25, 0.3) is 5.91 Å². The molecule has 0 aliphatic rings. The first-order valence-electron chi connectivity index (χ1n) is 8.34. The van der Waals surface area contributed by atoms with Crippen molar-refractivity contribution in [3.05, 3.63) is 52.5 Å². The van der Waals surface area contributed by atoms with Crippen LogP contribution in [-0.2, 0) is 0 Å². The lowest BCUT2D eigenvalue weighted by molar-refractivity contribution is 0.0742. The third kappa shape index (κ3) is 4.22. The molecular weight excluding hydrogens is 354 g/mol. The summed E-state index contributed by atoms with van der Waals surface area (Å²) in [6.45, 7) is 4.28. The van der Waals surface area contributed by atoms with Crippen LogP contribution in [0.15, 0.2) is 36.4 Å². The minimum Gasteiger partial charge on any atom is -0.497 e. The van der Waals surface area contributed by atoms with Gasteiger partial charge in [0, 0.05) is 12.6 Å². The van der Waals surface area contributed by atoms with Crippen LogP contribution in [-0.4, -0.2) is 38.7 Å². The number of carbonyl (C=O) groups excluding carboxylic acids is 1. The van der Waals surface area contributed by atoms with Gasteiger partial charge >= 0.3 is 0 Å². The predicted octanol–water partition coefficient (Wildman–Crippen LogP) is 4.59. The van der Waals surface area contributed by atoms with E-state index in [4.69, 9.17) is 25.8 Å². The van der Waals surface area contributed by atoms with Crippen molar-refractivity contribution in [3.8, 4) is 17.2 Å². The Kier molecular flexibility index (Phi) is 6.75. The number of benzene rings is 2. The van der Waals surface area contributed by atoms with Crippen molar-refractivity contribution in [3.63, 3.8) is 0 Å². The second-order valence-corrected chi connectivity index (χ2v) is 6.19. The molecule has 1 atom stereocenters. The van der Waals surface area contributed by atoms with Crippen LogP contribution in [0.1, 0.15) is 35.8 Å². The smallest absolute Gasteiger partial charge is 0.254 e. The minimum atomic E-state index is -0.156. The van der Waals surface area contributed by atoms with E-state index in [2.05, 4.69) is 0 Å². The van der Waals surface area contributed by atoms with Gasteiger partial charge < -0.3 is 19.1 Å². The van der Waals surface area contributed by atoms with Crippen molar-refractivity contribution >= 4 is 17.5 Å². The van der Waals surface area contributed by atoms with Crippen LogP contribution in [0.5, 0.6) is 17.2 Å². The number of ether oxygens (including phenoxy) is 3. The van der Waals surface area contributed by atoms with Crippen LogP contribution in [0.3, 0.4) is 0 Å². The molecule has 0 spiro atoms. The van der Waals surface area contributed by atoms with Gasteiger partial charge in [0.15, 0.2) is 11.5 Å². The summed E-state index contributed by atoms with van der Waals surface area (Å²) >= 11 is 6.28. The number of hydrogen-bond acceptors (Lipinski definition) is 4. The molecule has 0 fully saturated rings. The summed E-state index contributed by atoms with van der Waals surface area (Å²) in [5.74, 6) is 1.50. The van der Waals surface area contributed by atoms with Crippen LogP contribution in [0.2, 0.25) is 5.02 Å². The standard InChI is InChI=1S/C20H24ClNO4/c1-6-26-19-17(21)11-15(12-18(19)25-5)20(23)22(3)13(2)14-7-9-16(24-4)10-8-14/h7-13H,6H2,1-5H3. The Morgan fingerprint density at radius 2 is 1.81 bits per heavy atom. The van der Waals surface area contributed by atoms with Gasteiger partial charge in [-0.05, 0) is 43.7 Å². The highest BCUT2D eigenvalue weighted by Crippen LogP contribution is 2.37. The zero-order chi connectivity index (χ0) is 19.3. The van der Waals surface area contributed by atoms with Gasteiger partial charge in [-0.15, -0.1) is 0 Å². The normalized spacial score (nSPS) is 11.6. The molecule has 2 aromatic rings. The summed E-state index contributed by atoms with van der Waals surface area (Å²) in [4.78, 5) is 14.6. The molecule has 2 rings (SSSR count). The van der Waals surface area contributed by atoms with Gasteiger partial charge in [-0.25, -0.2) is 0 Å². The van der Waals surface area contributed by atoms with Crippen molar-refractivity contribution < 1.29 is 19.0 Å². The molecule has 0 aliphatic heterocycles. The van der Waals surface area contributed by atoms with E-state index in [9.17, 15) is 4.79 Å². The van der Waals surface area contributed by atoms with Crippen LogP contribution in [0.4, 0.5) is 0 Å². The Bertz CT molecular complexity index is 761. The van der Waals surface area contributed by atoms with E-state index in [0.29, 0.717) is 28.7 Å². The summed E-state index contributed by atoms with van der Waals surface area (Å²) in [5.41, 5.74) is 1.45. The lowest BCUT2D eigenvalue weighted by atomic mass is 10.1. The zero-order valence-electron chi connectivity index (χ0n) is 15.7. The first kappa shape index (κ1) is 19.9. The van der Waals surface area contributed by atoms with Gasteiger partial charge in [-0.2, -0.15) is 0 Å². The van der Waals surface area contributed by atoms with Crippen molar-refractivity contribution in [2.45, 2.75) is 19.9 Å². The molecule has 0 saturated carbocycles. The lowest BCUT2D eigenvalue weighted by Gasteiger charge is -2.26. The topological polar surface area (TPSA) is 48.0 Å². The summed E-state index contributed by atoms with van der Waals surface area (Å²) in [7, 11) is 4.90. The lowest BCUT2D eigenvalue weighted by Crippen LogP contribution is -2.29. The Morgan fingerprint density at radius 3 is 2.35 bits per heavy atom. The van der Waals surface area contributed by atoms with Crippen molar-refractivity contribution in [2.75, 3.05) is 27.9 Å². The molecule has 0 radical (unpaired) electrons. The SMILES string of the molecule is CCOc1c(Cl)cc(C(=O)N(C)C(C)c2ccc(OC)cc2)cc1OC. The zero-order valence-corrected chi connectivity index (χ0v) is 16.5. The highest BCUT2D eigenvalue weighted by atomic mass is 35.5. The van der Waals surface area contributed by atoms with Crippen molar-refractivity contribution in [1.82, 2.24) is 4.90 Å². The van der Waals surface area contributed by atoms with Gasteiger partial charge in [0.1, 0.15) is 5.75 Å². The monoisotopic (exact) mass is 377 g/mol. The average molecular weight is 378 g/mol. The van der Waals surface area contributed by atoms with E-state index in [1.807, 2.05) is 38.1 Å². The molecule has 0 N–H and O–H groups in total. The Morgan fingerprint density at radius 1 is 1.15 bits per heavy atom. The minimum absolute atomic E-state index is 0.121. The third-order valence-corrected chi connectivity index (χ3v) is 4.55. The fourth-order valence-electron chi connectivity index (χ4n) is 2.61. The molecule has 1 amide bonds. The first-order valence-corrected chi connectivity index (χ1v) is 8.72. The van der Waals surface area contributed by atoms with Crippen LogP contribution in [0, 0.1) is 0 Å². The molecule has 0 aromatic heterocycles.